The highest BCUT2D eigenvalue weighted by Crippen LogP contribution is 2.46. The molecule has 0 radical (unpaired) electrons. The number of rotatable bonds is 0. The molecule has 2 aliphatic carbocycles. The molecule has 2 aliphatic rings. The second kappa shape index (κ2) is 1.96. The Balaban J connectivity index is 2.26. The largest absolute Gasteiger partial charge is 0.295 e. The van der Waals surface area contributed by atoms with Crippen molar-refractivity contribution in [2.45, 2.75) is 39.5 Å². The first-order valence-corrected chi connectivity index (χ1v) is 4.33. The fourth-order valence-electron chi connectivity index (χ4n) is 2.30. The fourth-order valence-corrected chi connectivity index (χ4v) is 2.30. The second-order valence-electron chi connectivity index (χ2n) is 4.52. The number of ketones is 1. The molecule has 0 aromatic rings. The molecule has 1 nitrogen and oxygen atoms in total. The summed E-state index contributed by atoms with van der Waals surface area (Å²) in [5, 5.41) is 0. The molecule has 0 unspecified atom stereocenters. The molecule has 2 rings (SSSR count). The highest BCUT2D eigenvalue weighted by Gasteiger charge is 2.36. The van der Waals surface area contributed by atoms with Crippen LogP contribution in [0.4, 0.5) is 0 Å². The van der Waals surface area contributed by atoms with Crippen molar-refractivity contribution >= 4 is 5.78 Å². The molecule has 0 amide bonds. The summed E-state index contributed by atoms with van der Waals surface area (Å²) < 4.78 is 0. The molecule has 0 bridgehead atoms. The molecule has 0 aliphatic heterocycles. The Labute approximate surface area is 67.5 Å². The van der Waals surface area contributed by atoms with Gasteiger partial charge in [-0.15, -0.1) is 0 Å². The van der Waals surface area contributed by atoms with Gasteiger partial charge in [0, 0.05) is 6.42 Å². The molecule has 60 valence electrons. The van der Waals surface area contributed by atoms with Gasteiger partial charge in [0.15, 0.2) is 5.78 Å². The van der Waals surface area contributed by atoms with Crippen LogP contribution in [-0.4, -0.2) is 5.78 Å². The lowest BCUT2D eigenvalue weighted by atomic mass is 9.87. The van der Waals surface area contributed by atoms with Crippen molar-refractivity contribution in [2.24, 2.45) is 5.41 Å². The first-order chi connectivity index (χ1) is 5.08. The highest BCUT2D eigenvalue weighted by molar-refractivity contribution is 5.99. The zero-order chi connectivity index (χ0) is 8.06. The number of Topliss-reactive ketones (excluding diaryl/α,β-unsaturated/α-hetero) is 1. The monoisotopic (exact) mass is 150 g/mol. The van der Waals surface area contributed by atoms with E-state index in [0.29, 0.717) is 11.2 Å². The van der Waals surface area contributed by atoms with Crippen molar-refractivity contribution in [2.75, 3.05) is 0 Å². The molecule has 0 atom stereocenters. The number of hydrogen-bond acceptors (Lipinski definition) is 1. The molecule has 11 heavy (non-hydrogen) atoms. The van der Waals surface area contributed by atoms with Gasteiger partial charge >= 0.3 is 0 Å². The molecule has 0 aromatic carbocycles. The van der Waals surface area contributed by atoms with Gasteiger partial charge in [-0.05, 0) is 30.3 Å². The topological polar surface area (TPSA) is 17.1 Å². The van der Waals surface area contributed by atoms with Crippen LogP contribution in [0.2, 0.25) is 0 Å². The van der Waals surface area contributed by atoms with E-state index in [0.717, 1.165) is 25.7 Å². The lowest BCUT2D eigenvalue weighted by Crippen LogP contribution is -2.09. The minimum atomic E-state index is 0.376. The van der Waals surface area contributed by atoms with Gasteiger partial charge in [0.1, 0.15) is 0 Å². The van der Waals surface area contributed by atoms with Crippen LogP contribution < -0.4 is 0 Å². The normalized spacial score (nSPS) is 28.0. The summed E-state index contributed by atoms with van der Waals surface area (Å²) in [6, 6.07) is 0. The summed E-state index contributed by atoms with van der Waals surface area (Å²) in [7, 11) is 0. The third-order valence-electron chi connectivity index (χ3n) is 2.76. The first kappa shape index (κ1) is 7.08. The average Bonchev–Trinajstić information content (AvgIpc) is 2.31. The van der Waals surface area contributed by atoms with Crippen molar-refractivity contribution in [1.82, 2.24) is 0 Å². The van der Waals surface area contributed by atoms with Crippen molar-refractivity contribution < 1.29 is 4.79 Å². The zero-order valence-corrected chi connectivity index (χ0v) is 7.24. The van der Waals surface area contributed by atoms with Gasteiger partial charge in [-0.25, -0.2) is 0 Å². The molecular weight excluding hydrogens is 136 g/mol. The van der Waals surface area contributed by atoms with E-state index in [-0.39, 0.29) is 0 Å². The van der Waals surface area contributed by atoms with Crippen LogP contribution in [0.15, 0.2) is 11.1 Å². The maximum atomic E-state index is 11.3. The van der Waals surface area contributed by atoms with Crippen LogP contribution in [0.3, 0.4) is 0 Å². The summed E-state index contributed by atoms with van der Waals surface area (Å²) in [6.45, 7) is 4.50. The summed E-state index contributed by atoms with van der Waals surface area (Å²) >= 11 is 0. The summed E-state index contributed by atoms with van der Waals surface area (Å²) in [6.07, 6.45) is 4.04. The molecular formula is C10H14O. The van der Waals surface area contributed by atoms with E-state index in [1.165, 1.54) is 11.1 Å². The van der Waals surface area contributed by atoms with Gasteiger partial charge in [-0.2, -0.15) is 0 Å². The van der Waals surface area contributed by atoms with E-state index in [9.17, 15) is 4.79 Å². The number of carbonyl (C=O) groups excluding carboxylic acids is 1. The van der Waals surface area contributed by atoms with E-state index in [1.54, 1.807) is 0 Å². The number of allylic oxidation sites excluding steroid dienone is 2. The first-order valence-electron chi connectivity index (χ1n) is 4.33. The van der Waals surface area contributed by atoms with Gasteiger partial charge in [0.25, 0.3) is 0 Å². The van der Waals surface area contributed by atoms with E-state index in [4.69, 9.17) is 0 Å². The molecule has 0 fully saturated rings. The van der Waals surface area contributed by atoms with Crippen LogP contribution >= 0.6 is 0 Å². The van der Waals surface area contributed by atoms with Crippen molar-refractivity contribution in [3.63, 3.8) is 0 Å². The van der Waals surface area contributed by atoms with E-state index >= 15 is 0 Å². The average molecular weight is 150 g/mol. The number of carbonyl (C=O) groups is 1. The molecule has 0 saturated carbocycles. The van der Waals surface area contributed by atoms with Crippen LogP contribution in [0.1, 0.15) is 39.5 Å². The highest BCUT2D eigenvalue weighted by atomic mass is 16.1. The Morgan fingerprint density at radius 1 is 1.18 bits per heavy atom. The molecule has 0 heterocycles. The van der Waals surface area contributed by atoms with Gasteiger partial charge in [0.2, 0.25) is 0 Å². The standard InChI is InChI=1S/C10H14O/c1-10(2)5-7-3-4-9(11)8(7)6-10/h3-6H2,1-2H3. The lowest BCUT2D eigenvalue weighted by molar-refractivity contribution is -0.115. The van der Waals surface area contributed by atoms with Crippen molar-refractivity contribution in [3.8, 4) is 0 Å². The Hall–Kier alpha value is -0.590. The minimum absolute atomic E-state index is 0.376. The number of hydrogen-bond donors (Lipinski definition) is 0. The Bertz CT molecular complexity index is 246. The molecule has 1 heteroatoms. The predicted molar refractivity (Wildman–Crippen MR) is 44.3 cm³/mol. The predicted octanol–water partition coefficient (Wildman–Crippen LogP) is 2.47. The summed E-state index contributed by atoms with van der Waals surface area (Å²) in [4.78, 5) is 11.3. The third kappa shape index (κ3) is 1.03. The van der Waals surface area contributed by atoms with E-state index < -0.39 is 0 Å². The third-order valence-corrected chi connectivity index (χ3v) is 2.76. The Morgan fingerprint density at radius 3 is 2.55 bits per heavy atom. The minimum Gasteiger partial charge on any atom is -0.295 e. The van der Waals surface area contributed by atoms with E-state index in [1.807, 2.05) is 0 Å². The van der Waals surface area contributed by atoms with E-state index in [2.05, 4.69) is 13.8 Å². The van der Waals surface area contributed by atoms with Crippen LogP contribution in [0.25, 0.3) is 0 Å². The smallest absolute Gasteiger partial charge is 0.159 e. The van der Waals surface area contributed by atoms with Crippen LogP contribution in [0.5, 0.6) is 0 Å². The maximum absolute atomic E-state index is 11.3. The SMILES string of the molecule is CC1(C)CC2=C(C1)C(=O)CC2. The summed E-state index contributed by atoms with van der Waals surface area (Å²) in [5.41, 5.74) is 3.01. The quantitative estimate of drug-likeness (QED) is 0.518. The Morgan fingerprint density at radius 2 is 1.91 bits per heavy atom. The van der Waals surface area contributed by atoms with Gasteiger partial charge in [0.05, 0.1) is 0 Å². The van der Waals surface area contributed by atoms with Gasteiger partial charge in [-0.3, -0.25) is 4.79 Å². The van der Waals surface area contributed by atoms with Crippen molar-refractivity contribution in [3.05, 3.63) is 11.1 Å². The molecule has 0 spiro atoms. The fraction of sp³-hybridized carbons (Fsp3) is 0.700. The molecule has 0 N–H and O–H groups in total. The van der Waals surface area contributed by atoms with Crippen molar-refractivity contribution in [1.29, 1.82) is 0 Å². The van der Waals surface area contributed by atoms with Crippen LogP contribution in [-0.2, 0) is 4.79 Å². The maximum Gasteiger partial charge on any atom is 0.159 e. The zero-order valence-electron chi connectivity index (χ0n) is 7.24. The lowest BCUT2D eigenvalue weighted by Gasteiger charge is -2.18. The molecule has 0 saturated heterocycles. The second-order valence-corrected chi connectivity index (χ2v) is 4.52. The Kier molecular flexibility index (Phi) is 1.26. The van der Waals surface area contributed by atoms with Gasteiger partial charge < -0.3 is 0 Å². The van der Waals surface area contributed by atoms with Gasteiger partial charge in [-0.1, -0.05) is 19.4 Å². The van der Waals surface area contributed by atoms with Crippen LogP contribution in [0, 0.1) is 5.41 Å². The summed E-state index contributed by atoms with van der Waals surface area (Å²) in [5.74, 6) is 0.422. The molecule has 0 aromatic heterocycles.